The molecule has 2 rings (SSSR count). The standard InChI is InChI=1S/C9H18N2/c1-8(4-10)5-11-6-9(7-11)2-3-9/h8H,2-7,10H2,1H3. The molecule has 1 aliphatic carbocycles. The molecule has 0 amide bonds. The maximum atomic E-state index is 5.56. The van der Waals surface area contributed by atoms with Gasteiger partial charge in [0, 0.05) is 19.6 Å². The van der Waals surface area contributed by atoms with Crippen molar-refractivity contribution < 1.29 is 0 Å². The van der Waals surface area contributed by atoms with E-state index in [2.05, 4.69) is 11.8 Å². The van der Waals surface area contributed by atoms with Crippen molar-refractivity contribution in [2.45, 2.75) is 19.8 Å². The van der Waals surface area contributed by atoms with Crippen LogP contribution in [-0.2, 0) is 0 Å². The van der Waals surface area contributed by atoms with Crippen molar-refractivity contribution in [2.24, 2.45) is 17.1 Å². The second-order valence-electron chi connectivity index (χ2n) is 4.51. The van der Waals surface area contributed by atoms with Crippen LogP contribution in [0.3, 0.4) is 0 Å². The van der Waals surface area contributed by atoms with Crippen LogP contribution >= 0.6 is 0 Å². The predicted octanol–water partition coefficient (Wildman–Crippen LogP) is 0.677. The molecule has 1 saturated heterocycles. The van der Waals surface area contributed by atoms with Gasteiger partial charge in [-0.3, -0.25) is 0 Å². The third-order valence-corrected chi connectivity index (χ3v) is 3.05. The quantitative estimate of drug-likeness (QED) is 0.647. The zero-order valence-corrected chi connectivity index (χ0v) is 7.34. The van der Waals surface area contributed by atoms with E-state index < -0.39 is 0 Å². The molecule has 2 N–H and O–H groups in total. The van der Waals surface area contributed by atoms with Crippen molar-refractivity contribution in [3.63, 3.8) is 0 Å². The molecule has 11 heavy (non-hydrogen) atoms. The van der Waals surface area contributed by atoms with Gasteiger partial charge < -0.3 is 10.6 Å². The maximum Gasteiger partial charge on any atom is 0.00506 e. The summed E-state index contributed by atoms with van der Waals surface area (Å²) in [6.07, 6.45) is 2.97. The minimum atomic E-state index is 0.686. The minimum absolute atomic E-state index is 0.686. The third kappa shape index (κ3) is 1.42. The van der Waals surface area contributed by atoms with E-state index >= 15 is 0 Å². The minimum Gasteiger partial charge on any atom is -0.330 e. The fourth-order valence-corrected chi connectivity index (χ4v) is 2.04. The average molecular weight is 154 g/mol. The summed E-state index contributed by atoms with van der Waals surface area (Å²) in [6, 6.07) is 0. The van der Waals surface area contributed by atoms with Crippen molar-refractivity contribution in [3.8, 4) is 0 Å². The molecule has 2 nitrogen and oxygen atoms in total. The molecule has 0 aromatic heterocycles. The summed E-state index contributed by atoms with van der Waals surface area (Å²) in [4.78, 5) is 2.55. The Kier molecular flexibility index (Phi) is 1.69. The molecule has 2 fully saturated rings. The Morgan fingerprint density at radius 2 is 2.09 bits per heavy atom. The fraction of sp³-hybridized carbons (Fsp3) is 1.00. The SMILES string of the molecule is CC(CN)CN1CC2(CC2)C1. The van der Waals surface area contributed by atoms with E-state index in [4.69, 9.17) is 5.73 Å². The van der Waals surface area contributed by atoms with E-state index in [1.165, 1.54) is 32.5 Å². The third-order valence-electron chi connectivity index (χ3n) is 3.05. The van der Waals surface area contributed by atoms with Gasteiger partial charge in [-0.05, 0) is 30.7 Å². The van der Waals surface area contributed by atoms with Crippen LogP contribution in [0.4, 0.5) is 0 Å². The van der Waals surface area contributed by atoms with Gasteiger partial charge in [0.1, 0.15) is 0 Å². The molecule has 2 aliphatic rings. The second kappa shape index (κ2) is 2.46. The summed E-state index contributed by atoms with van der Waals surface area (Å²) in [5.41, 5.74) is 6.37. The van der Waals surface area contributed by atoms with Gasteiger partial charge in [-0.2, -0.15) is 0 Å². The smallest absolute Gasteiger partial charge is 0.00506 e. The van der Waals surface area contributed by atoms with Crippen molar-refractivity contribution in [1.82, 2.24) is 4.90 Å². The molecule has 1 saturated carbocycles. The van der Waals surface area contributed by atoms with Gasteiger partial charge in [-0.1, -0.05) is 6.92 Å². The topological polar surface area (TPSA) is 29.3 Å². The molecule has 1 spiro atoms. The lowest BCUT2D eigenvalue weighted by atomic mass is 9.95. The first-order chi connectivity index (χ1) is 5.24. The number of hydrogen-bond acceptors (Lipinski definition) is 2. The van der Waals surface area contributed by atoms with Gasteiger partial charge in [0.2, 0.25) is 0 Å². The number of likely N-dealkylation sites (tertiary alicyclic amines) is 1. The highest BCUT2D eigenvalue weighted by molar-refractivity contribution is 5.05. The first-order valence-electron chi connectivity index (χ1n) is 4.66. The van der Waals surface area contributed by atoms with Gasteiger partial charge in [0.05, 0.1) is 0 Å². The van der Waals surface area contributed by atoms with Gasteiger partial charge >= 0.3 is 0 Å². The lowest BCUT2D eigenvalue weighted by molar-refractivity contribution is 0.0682. The van der Waals surface area contributed by atoms with Gasteiger partial charge in [0.15, 0.2) is 0 Å². The first-order valence-corrected chi connectivity index (χ1v) is 4.66. The molecule has 1 atom stereocenters. The number of rotatable bonds is 3. The van der Waals surface area contributed by atoms with Gasteiger partial charge in [-0.15, -0.1) is 0 Å². The largest absolute Gasteiger partial charge is 0.330 e. The van der Waals surface area contributed by atoms with Crippen molar-refractivity contribution >= 4 is 0 Å². The van der Waals surface area contributed by atoms with Gasteiger partial charge in [0.25, 0.3) is 0 Å². The van der Waals surface area contributed by atoms with Crippen LogP contribution in [0.2, 0.25) is 0 Å². The lowest BCUT2D eigenvalue weighted by Crippen LogP contribution is -2.50. The van der Waals surface area contributed by atoms with E-state index in [0.717, 1.165) is 12.0 Å². The molecular weight excluding hydrogens is 136 g/mol. The zero-order valence-electron chi connectivity index (χ0n) is 7.34. The van der Waals surface area contributed by atoms with Crippen molar-refractivity contribution in [3.05, 3.63) is 0 Å². The number of nitrogens with zero attached hydrogens (tertiary/aromatic N) is 1. The summed E-state index contributed by atoms with van der Waals surface area (Å²) in [7, 11) is 0. The highest BCUT2D eigenvalue weighted by atomic mass is 15.2. The summed E-state index contributed by atoms with van der Waals surface area (Å²) in [5, 5.41) is 0. The van der Waals surface area contributed by atoms with E-state index in [0.29, 0.717) is 5.92 Å². The Hall–Kier alpha value is -0.0800. The van der Waals surface area contributed by atoms with E-state index in [1.807, 2.05) is 0 Å². The Labute approximate surface area is 68.7 Å². The van der Waals surface area contributed by atoms with E-state index in [-0.39, 0.29) is 0 Å². The summed E-state index contributed by atoms with van der Waals surface area (Å²) < 4.78 is 0. The Morgan fingerprint density at radius 1 is 1.45 bits per heavy atom. The van der Waals surface area contributed by atoms with Crippen LogP contribution in [0.1, 0.15) is 19.8 Å². The average Bonchev–Trinajstić information content (AvgIpc) is 2.66. The summed E-state index contributed by atoms with van der Waals surface area (Å²) in [5.74, 6) is 0.686. The monoisotopic (exact) mass is 154 g/mol. The molecule has 2 heteroatoms. The van der Waals surface area contributed by atoms with Crippen LogP contribution in [-0.4, -0.2) is 31.1 Å². The van der Waals surface area contributed by atoms with E-state index in [9.17, 15) is 0 Å². The van der Waals surface area contributed by atoms with Crippen LogP contribution < -0.4 is 5.73 Å². The highest BCUT2D eigenvalue weighted by Gasteiger charge is 2.51. The predicted molar refractivity (Wildman–Crippen MR) is 46.3 cm³/mol. The van der Waals surface area contributed by atoms with Crippen molar-refractivity contribution in [2.75, 3.05) is 26.2 Å². The first kappa shape index (κ1) is 7.56. The molecular formula is C9H18N2. The molecule has 1 aliphatic heterocycles. The number of nitrogens with two attached hydrogens (primary N) is 1. The molecule has 0 bridgehead atoms. The Bertz CT molecular complexity index is 144. The molecule has 0 aromatic carbocycles. The second-order valence-corrected chi connectivity index (χ2v) is 4.51. The van der Waals surface area contributed by atoms with E-state index in [1.54, 1.807) is 0 Å². The highest BCUT2D eigenvalue weighted by Crippen LogP contribution is 2.52. The summed E-state index contributed by atoms with van der Waals surface area (Å²) >= 11 is 0. The molecule has 0 aromatic rings. The molecule has 1 heterocycles. The Morgan fingerprint density at radius 3 is 2.55 bits per heavy atom. The van der Waals surface area contributed by atoms with Crippen LogP contribution in [0.15, 0.2) is 0 Å². The summed E-state index contributed by atoms with van der Waals surface area (Å²) in [6.45, 7) is 7.01. The maximum absolute atomic E-state index is 5.56. The molecule has 64 valence electrons. The molecule has 0 radical (unpaired) electrons. The molecule has 1 unspecified atom stereocenters. The van der Waals surface area contributed by atoms with Crippen molar-refractivity contribution in [1.29, 1.82) is 0 Å². The van der Waals surface area contributed by atoms with Crippen LogP contribution in [0.5, 0.6) is 0 Å². The van der Waals surface area contributed by atoms with Crippen LogP contribution in [0.25, 0.3) is 0 Å². The lowest BCUT2D eigenvalue weighted by Gasteiger charge is -2.41. The zero-order chi connectivity index (χ0) is 7.90. The normalized spacial score (nSPS) is 30.0. The Balaban J connectivity index is 1.66. The number of hydrogen-bond donors (Lipinski definition) is 1. The van der Waals surface area contributed by atoms with Crippen LogP contribution in [0, 0.1) is 11.3 Å². The fourth-order valence-electron chi connectivity index (χ4n) is 2.04. The van der Waals surface area contributed by atoms with Gasteiger partial charge in [-0.25, -0.2) is 0 Å².